The Kier molecular flexibility index (Phi) is 14.6. The predicted octanol–water partition coefficient (Wildman–Crippen LogP) is 6.83. The van der Waals surface area contributed by atoms with E-state index >= 15 is 0 Å². The molecular weight excluding hydrogens is 733 g/mol. The van der Waals surface area contributed by atoms with Crippen LogP contribution in [0, 0.1) is 0 Å². The second-order valence-electron chi connectivity index (χ2n) is 11.0. The lowest BCUT2D eigenvalue weighted by Crippen LogP contribution is -2.36. The smallest absolute Gasteiger partial charge is 0.279 e. The second kappa shape index (κ2) is 18.8. The van der Waals surface area contributed by atoms with E-state index in [0.29, 0.717) is 38.1 Å². The van der Waals surface area contributed by atoms with E-state index in [9.17, 15) is 9.59 Å². The maximum Gasteiger partial charge on any atom is 0.279 e. The molecule has 13 heteroatoms. The molecule has 260 valence electrons. The average Bonchev–Trinajstić information content (AvgIpc) is 3.14. The van der Waals surface area contributed by atoms with Gasteiger partial charge in [0.15, 0.2) is 5.78 Å². The van der Waals surface area contributed by atoms with Crippen LogP contribution < -0.4 is 21.3 Å². The van der Waals surface area contributed by atoms with Crippen LogP contribution in [0.4, 0.5) is 22.7 Å². The summed E-state index contributed by atoms with van der Waals surface area (Å²) in [4.78, 5) is 33.5. The average molecular weight is 774 g/mol. The molecule has 0 saturated carbocycles. The van der Waals surface area contributed by atoms with Crippen molar-refractivity contribution in [2.24, 2.45) is 0 Å². The summed E-state index contributed by atoms with van der Waals surface area (Å²) in [5, 5.41) is 2.05. The Morgan fingerprint density at radius 3 is 1.61 bits per heavy atom. The van der Waals surface area contributed by atoms with E-state index in [0.717, 1.165) is 67.8 Å². The lowest BCUT2D eigenvalue weighted by atomic mass is 10.0. The molecule has 10 nitrogen and oxygen atoms in total. The van der Waals surface area contributed by atoms with E-state index in [4.69, 9.17) is 49.0 Å². The number of hydrogen-bond acceptors (Lipinski definition) is 9. The number of nitrogens with zero attached hydrogens (tertiary/aromatic N) is 3. The first-order valence-corrected chi connectivity index (χ1v) is 17.1. The number of morpholine rings is 2. The number of ketones is 1. The van der Waals surface area contributed by atoms with Gasteiger partial charge in [-0.05, 0) is 84.9 Å². The fourth-order valence-electron chi connectivity index (χ4n) is 4.97. The summed E-state index contributed by atoms with van der Waals surface area (Å²) >= 11 is 15.1. The molecule has 2 fully saturated rings. The minimum absolute atomic E-state index is 0.117. The van der Waals surface area contributed by atoms with E-state index in [-0.39, 0.29) is 11.7 Å². The number of nitrogen functional groups attached to an aromatic ring is 2. The number of benzene rings is 4. The summed E-state index contributed by atoms with van der Waals surface area (Å²) < 4.78 is 11.8. The van der Waals surface area contributed by atoms with Crippen LogP contribution in [0.15, 0.2) is 89.4 Å². The van der Waals surface area contributed by atoms with Crippen molar-refractivity contribution in [3.05, 3.63) is 116 Å². The quantitative estimate of drug-likeness (QED) is 0.123. The van der Waals surface area contributed by atoms with Gasteiger partial charge in [-0.2, -0.15) is 0 Å². The molecule has 2 aliphatic rings. The van der Waals surface area contributed by atoms with Gasteiger partial charge >= 0.3 is 0 Å². The minimum Gasteiger partial charge on any atom is -0.398 e. The third-order valence-corrected chi connectivity index (χ3v) is 8.77. The van der Waals surface area contributed by atoms with Gasteiger partial charge in [-0.25, -0.2) is 5.06 Å². The Morgan fingerprint density at radius 2 is 1.14 bits per heavy atom. The maximum absolute atomic E-state index is 12.5. The Labute approximate surface area is 305 Å². The van der Waals surface area contributed by atoms with Crippen LogP contribution in [0.25, 0.3) is 0 Å². The van der Waals surface area contributed by atoms with Gasteiger partial charge in [0.1, 0.15) is 0 Å². The number of anilines is 4. The van der Waals surface area contributed by atoms with E-state index in [1.807, 2.05) is 24.3 Å². The van der Waals surface area contributed by atoms with Crippen LogP contribution >= 0.6 is 39.1 Å². The first-order chi connectivity index (χ1) is 23.6. The number of ether oxygens (including phenoxy) is 2. The SMILES string of the molecule is Brc1ccc(N2CCOCC2)cc1.CON(C)C(=O)c1cc(Cl)ccc1N.Nc1ccc(Cl)cc1C(=O)c1ccc(N2CCOCC2)cc1. The van der Waals surface area contributed by atoms with Crippen LogP contribution in [-0.4, -0.2) is 83.5 Å². The fraction of sp³-hybridized carbons (Fsp3) is 0.278. The fourth-order valence-corrected chi connectivity index (χ4v) is 5.57. The molecule has 2 heterocycles. The molecule has 0 aliphatic carbocycles. The van der Waals surface area contributed by atoms with Gasteiger partial charge in [-0.3, -0.25) is 14.4 Å². The van der Waals surface area contributed by atoms with Crippen molar-refractivity contribution in [2.75, 3.05) is 88.0 Å². The zero-order valence-corrected chi connectivity index (χ0v) is 30.5. The molecule has 49 heavy (non-hydrogen) atoms. The summed E-state index contributed by atoms with van der Waals surface area (Å²) in [6.07, 6.45) is 0. The molecule has 4 aromatic rings. The van der Waals surface area contributed by atoms with Gasteiger partial charge in [-0.1, -0.05) is 39.1 Å². The summed E-state index contributed by atoms with van der Waals surface area (Å²) in [5.74, 6) is -0.443. The molecule has 1 amide bonds. The monoisotopic (exact) mass is 771 g/mol. The number of carbonyl (C=O) groups is 2. The molecule has 0 radical (unpaired) electrons. The summed E-state index contributed by atoms with van der Waals surface area (Å²) in [6.45, 7) is 6.90. The second-order valence-corrected chi connectivity index (χ2v) is 12.8. The Morgan fingerprint density at radius 1 is 0.714 bits per heavy atom. The Balaban J connectivity index is 0.000000174. The van der Waals surface area contributed by atoms with Crippen LogP contribution in [0.5, 0.6) is 0 Å². The number of hydroxylamine groups is 2. The summed E-state index contributed by atoms with van der Waals surface area (Å²) in [7, 11) is 2.90. The first-order valence-electron chi connectivity index (χ1n) is 15.5. The van der Waals surface area contributed by atoms with Crippen LogP contribution in [0.3, 0.4) is 0 Å². The lowest BCUT2D eigenvalue weighted by Gasteiger charge is -2.28. The molecule has 2 aliphatic heterocycles. The van der Waals surface area contributed by atoms with Crippen molar-refractivity contribution < 1.29 is 23.9 Å². The Bertz CT molecular complexity index is 1680. The highest BCUT2D eigenvalue weighted by molar-refractivity contribution is 9.10. The predicted molar refractivity (Wildman–Crippen MR) is 201 cm³/mol. The molecule has 2 saturated heterocycles. The molecule has 0 unspecified atom stereocenters. The lowest BCUT2D eigenvalue weighted by molar-refractivity contribution is -0.0756. The van der Waals surface area contributed by atoms with Crippen LogP contribution in [0.1, 0.15) is 26.3 Å². The number of hydrogen-bond donors (Lipinski definition) is 2. The van der Waals surface area contributed by atoms with Crippen molar-refractivity contribution in [1.29, 1.82) is 0 Å². The minimum atomic E-state index is -0.326. The Hall–Kier alpha value is -3.84. The zero-order valence-electron chi connectivity index (χ0n) is 27.4. The van der Waals surface area contributed by atoms with Crippen LogP contribution in [-0.2, 0) is 14.3 Å². The highest BCUT2D eigenvalue weighted by Crippen LogP contribution is 2.24. The van der Waals surface area contributed by atoms with Gasteiger partial charge < -0.3 is 30.7 Å². The van der Waals surface area contributed by atoms with Gasteiger partial charge in [0.2, 0.25) is 0 Å². The van der Waals surface area contributed by atoms with E-state index in [1.165, 1.54) is 25.9 Å². The standard InChI is InChI=1S/C17H17ClN2O2.C10H12BrNO.C9H11ClN2O2/c18-13-3-6-16(19)15(11-13)17(21)12-1-4-14(5-2-12)20-7-9-22-10-8-20;11-9-1-3-10(4-2-9)12-5-7-13-8-6-12;1-12(14-2)9(13)7-5-6(10)3-4-8(7)11/h1-6,11H,7-10,19H2;1-4H,5-8H2;3-5H,11H2,1-2H3. The van der Waals surface area contributed by atoms with Crippen molar-refractivity contribution >= 4 is 73.6 Å². The molecule has 6 rings (SSSR count). The van der Waals surface area contributed by atoms with E-state index < -0.39 is 0 Å². The highest BCUT2D eigenvalue weighted by atomic mass is 79.9. The molecule has 4 N–H and O–H groups in total. The van der Waals surface area contributed by atoms with Gasteiger partial charge in [0.25, 0.3) is 5.91 Å². The summed E-state index contributed by atoms with van der Waals surface area (Å²) in [6, 6.07) is 25.6. The molecule has 0 bridgehead atoms. The van der Waals surface area contributed by atoms with Crippen molar-refractivity contribution in [3.63, 3.8) is 0 Å². The van der Waals surface area contributed by atoms with E-state index in [1.54, 1.807) is 30.3 Å². The largest absolute Gasteiger partial charge is 0.398 e. The number of carbonyl (C=O) groups excluding carboxylic acids is 2. The molecule has 4 aromatic carbocycles. The van der Waals surface area contributed by atoms with Crippen molar-refractivity contribution in [1.82, 2.24) is 5.06 Å². The zero-order chi connectivity index (χ0) is 35.3. The number of amides is 1. The molecule has 0 atom stereocenters. The molecule has 0 spiro atoms. The third kappa shape index (κ3) is 11.1. The third-order valence-electron chi connectivity index (χ3n) is 7.77. The molecular formula is C36H40BrCl2N5O5. The maximum atomic E-state index is 12.5. The van der Waals surface area contributed by atoms with Gasteiger partial charge in [0.05, 0.1) is 39.1 Å². The van der Waals surface area contributed by atoms with Gasteiger partial charge in [0, 0.05) is 81.6 Å². The highest BCUT2D eigenvalue weighted by Gasteiger charge is 2.16. The normalized spacial score (nSPS) is 14.1. The number of halogens is 3. The number of rotatable bonds is 6. The summed E-state index contributed by atoms with van der Waals surface area (Å²) in [5.41, 5.74) is 16.1. The van der Waals surface area contributed by atoms with Crippen molar-refractivity contribution in [3.8, 4) is 0 Å². The van der Waals surface area contributed by atoms with Crippen molar-refractivity contribution in [2.45, 2.75) is 0 Å². The van der Waals surface area contributed by atoms with Crippen LogP contribution in [0.2, 0.25) is 10.0 Å². The topological polar surface area (TPSA) is 124 Å². The van der Waals surface area contributed by atoms with Gasteiger partial charge in [-0.15, -0.1) is 0 Å². The molecule has 0 aromatic heterocycles. The van der Waals surface area contributed by atoms with E-state index in [2.05, 4.69) is 50.0 Å². The first kappa shape index (κ1) is 38.0. The number of nitrogens with two attached hydrogens (primary N) is 2.